The van der Waals surface area contributed by atoms with Crippen LogP contribution in [0.15, 0.2) is 18.2 Å². The number of hydrogen-bond acceptors (Lipinski definition) is 4. The fraction of sp³-hybridized carbons (Fsp3) is 0.455. The lowest BCUT2D eigenvalue weighted by Gasteiger charge is -2.12. The molecule has 4 nitrogen and oxygen atoms in total. The molecule has 2 rings (SSSR count). The van der Waals surface area contributed by atoms with E-state index in [1.54, 1.807) is 12.1 Å². The molecular formula is C11H15NO3. The van der Waals surface area contributed by atoms with Crippen LogP contribution >= 0.6 is 0 Å². The van der Waals surface area contributed by atoms with Crippen LogP contribution in [0.5, 0.6) is 11.5 Å². The second-order valence-corrected chi connectivity index (χ2v) is 3.41. The summed E-state index contributed by atoms with van der Waals surface area (Å²) in [5.41, 5.74) is 6.33. The van der Waals surface area contributed by atoms with Crippen LogP contribution in [-0.2, 0) is 4.74 Å². The van der Waals surface area contributed by atoms with Crippen LogP contribution < -0.4 is 15.2 Å². The Kier molecular flexibility index (Phi) is 2.97. The Labute approximate surface area is 88.9 Å². The smallest absolute Gasteiger partial charge is 0.163 e. The Morgan fingerprint density at radius 2 is 2.07 bits per heavy atom. The Bertz CT molecular complexity index is 341. The highest BCUT2D eigenvalue weighted by Gasteiger charge is 2.18. The molecule has 0 spiro atoms. The van der Waals surface area contributed by atoms with Crippen LogP contribution in [-0.4, -0.2) is 25.9 Å². The van der Waals surface area contributed by atoms with Gasteiger partial charge in [-0.1, -0.05) is 0 Å². The zero-order valence-electron chi connectivity index (χ0n) is 8.73. The van der Waals surface area contributed by atoms with Gasteiger partial charge in [-0.25, -0.2) is 0 Å². The van der Waals surface area contributed by atoms with E-state index in [2.05, 4.69) is 0 Å². The third-order valence-electron chi connectivity index (χ3n) is 2.22. The topological polar surface area (TPSA) is 53.7 Å². The minimum absolute atomic E-state index is 0.0105. The van der Waals surface area contributed by atoms with Gasteiger partial charge in [0.2, 0.25) is 0 Å². The third-order valence-corrected chi connectivity index (χ3v) is 2.22. The third kappa shape index (κ3) is 2.33. The molecule has 1 aliphatic rings. The van der Waals surface area contributed by atoms with E-state index in [0.717, 1.165) is 5.75 Å². The highest BCUT2D eigenvalue weighted by atomic mass is 16.6. The molecule has 1 aromatic carbocycles. The summed E-state index contributed by atoms with van der Waals surface area (Å²) in [6, 6.07) is 5.38. The van der Waals surface area contributed by atoms with Crippen LogP contribution in [0, 0.1) is 0 Å². The summed E-state index contributed by atoms with van der Waals surface area (Å²) >= 11 is 0. The Balaban J connectivity index is 2.11. The van der Waals surface area contributed by atoms with Crippen molar-refractivity contribution in [2.75, 3.05) is 25.6 Å². The van der Waals surface area contributed by atoms with Crippen molar-refractivity contribution < 1.29 is 14.2 Å². The lowest BCUT2D eigenvalue weighted by atomic mass is 10.3. The Morgan fingerprint density at radius 3 is 2.80 bits per heavy atom. The Hall–Kier alpha value is -1.42. The van der Waals surface area contributed by atoms with E-state index in [9.17, 15) is 0 Å². The molecule has 15 heavy (non-hydrogen) atoms. The molecule has 0 saturated heterocycles. The largest absolute Gasteiger partial charge is 0.487 e. The minimum atomic E-state index is -0.0105. The van der Waals surface area contributed by atoms with Crippen molar-refractivity contribution in [3.63, 3.8) is 0 Å². The minimum Gasteiger partial charge on any atom is -0.487 e. The van der Waals surface area contributed by atoms with Gasteiger partial charge < -0.3 is 19.9 Å². The van der Waals surface area contributed by atoms with E-state index in [0.29, 0.717) is 31.3 Å². The number of fused-ring (bicyclic) bond motifs is 1. The predicted octanol–water partition coefficient (Wildman–Crippen LogP) is 1.45. The summed E-state index contributed by atoms with van der Waals surface area (Å²) in [4.78, 5) is 0. The number of nitrogens with two attached hydrogens (primary N) is 1. The van der Waals surface area contributed by atoms with Gasteiger partial charge >= 0.3 is 0 Å². The van der Waals surface area contributed by atoms with Crippen molar-refractivity contribution in [3.05, 3.63) is 18.2 Å². The summed E-state index contributed by atoms with van der Waals surface area (Å²) in [5, 5.41) is 0. The van der Waals surface area contributed by atoms with E-state index in [1.165, 1.54) is 0 Å². The first kappa shape index (κ1) is 10.1. The molecule has 0 unspecified atom stereocenters. The maximum atomic E-state index is 5.66. The quantitative estimate of drug-likeness (QED) is 0.749. The lowest BCUT2D eigenvalue weighted by molar-refractivity contribution is 0.00941. The summed E-state index contributed by atoms with van der Waals surface area (Å²) < 4.78 is 16.6. The van der Waals surface area contributed by atoms with Gasteiger partial charge in [-0.3, -0.25) is 0 Å². The van der Waals surface area contributed by atoms with Gasteiger partial charge in [-0.15, -0.1) is 0 Å². The molecule has 0 aliphatic carbocycles. The van der Waals surface area contributed by atoms with Gasteiger partial charge in [0.05, 0.1) is 0 Å². The van der Waals surface area contributed by atoms with Crippen LogP contribution in [0.4, 0.5) is 5.69 Å². The molecule has 0 saturated carbocycles. The normalized spacial score (nSPS) is 19.7. The summed E-state index contributed by atoms with van der Waals surface area (Å²) in [5.74, 6) is 1.42. The van der Waals surface area contributed by atoms with Gasteiger partial charge in [0, 0.05) is 18.4 Å². The van der Waals surface area contributed by atoms with E-state index < -0.39 is 0 Å². The molecule has 0 aromatic heterocycles. The molecule has 0 fully saturated rings. The zero-order chi connectivity index (χ0) is 10.7. The fourth-order valence-electron chi connectivity index (χ4n) is 1.50. The Morgan fingerprint density at radius 1 is 1.33 bits per heavy atom. The molecular weight excluding hydrogens is 194 g/mol. The maximum Gasteiger partial charge on any atom is 0.163 e. The molecule has 1 aliphatic heterocycles. The van der Waals surface area contributed by atoms with Crippen LogP contribution in [0.3, 0.4) is 0 Å². The van der Waals surface area contributed by atoms with Gasteiger partial charge in [0.1, 0.15) is 19.3 Å². The van der Waals surface area contributed by atoms with Gasteiger partial charge in [0.15, 0.2) is 11.5 Å². The number of rotatable bonds is 2. The first-order valence-corrected chi connectivity index (χ1v) is 5.06. The van der Waals surface area contributed by atoms with Gasteiger partial charge in [0.25, 0.3) is 0 Å². The van der Waals surface area contributed by atoms with Gasteiger partial charge in [-0.05, 0) is 19.1 Å². The van der Waals surface area contributed by atoms with Gasteiger partial charge in [-0.2, -0.15) is 0 Å². The summed E-state index contributed by atoms with van der Waals surface area (Å²) in [6.07, 6.45) is -0.0105. The molecule has 0 amide bonds. The number of nitrogen functional groups attached to an aromatic ring is 1. The van der Waals surface area contributed by atoms with Crippen molar-refractivity contribution >= 4 is 5.69 Å². The van der Waals surface area contributed by atoms with Crippen molar-refractivity contribution in [2.24, 2.45) is 0 Å². The molecule has 1 aromatic rings. The zero-order valence-corrected chi connectivity index (χ0v) is 8.73. The highest BCUT2D eigenvalue weighted by Crippen LogP contribution is 2.31. The second kappa shape index (κ2) is 4.40. The van der Waals surface area contributed by atoms with E-state index in [4.69, 9.17) is 19.9 Å². The SMILES string of the molecule is CCO[C@H]1COc2ccc(N)cc2OC1. The van der Waals surface area contributed by atoms with Crippen molar-refractivity contribution in [1.82, 2.24) is 0 Å². The first-order chi connectivity index (χ1) is 7.29. The van der Waals surface area contributed by atoms with E-state index in [-0.39, 0.29) is 6.10 Å². The number of anilines is 1. The molecule has 1 atom stereocenters. The fourth-order valence-corrected chi connectivity index (χ4v) is 1.50. The molecule has 82 valence electrons. The second-order valence-electron chi connectivity index (χ2n) is 3.41. The monoisotopic (exact) mass is 209 g/mol. The van der Waals surface area contributed by atoms with Crippen LogP contribution in [0.1, 0.15) is 6.92 Å². The molecule has 0 radical (unpaired) electrons. The average Bonchev–Trinajstić information content (AvgIpc) is 2.42. The molecule has 1 heterocycles. The van der Waals surface area contributed by atoms with Crippen molar-refractivity contribution in [2.45, 2.75) is 13.0 Å². The standard InChI is InChI=1S/C11H15NO3/c1-2-13-9-6-14-10-4-3-8(12)5-11(10)15-7-9/h3-5,9H,2,6-7,12H2,1H3/t9-/m0/s1. The first-order valence-electron chi connectivity index (χ1n) is 5.06. The van der Waals surface area contributed by atoms with Crippen molar-refractivity contribution in [3.8, 4) is 11.5 Å². The predicted molar refractivity (Wildman–Crippen MR) is 57.3 cm³/mol. The van der Waals surface area contributed by atoms with Crippen LogP contribution in [0.2, 0.25) is 0 Å². The molecule has 0 bridgehead atoms. The average molecular weight is 209 g/mol. The number of ether oxygens (including phenoxy) is 3. The van der Waals surface area contributed by atoms with Crippen molar-refractivity contribution in [1.29, 1.82) is 0 Å². The van der Waals surface area contributed by atoms with Crippen LogP contribution in [0.25, 0.3) is 0 Å². The number of benzene rings is 1. The molecule has 4 heteroatoms. The summed E-state index contributed by atoms with van der Waals surface area (Å²) in [7, 11) is 0. The number of hydrogen-bond donors (Lipinski definition) is 1. The highest BCUT2D eigenvalue weighted by molar-refractivity contribution is 5.52. The maximum absolute atomic E-state index is 5.66. The lowest BCUT2D eigenvalue weighted by Crippen LogP contribution is -2.26. The van der Waals surface area contributed by atoms with E-state index >= 15 is 0 Å². The van der Waals surface area contributed by atoms with E-state index in [1.807, 2.05) is 13.0 Å². The summed E-state index contributed by atoms with van der Waals surface area (Å²) in [6.45, 7) is 3.64. The molecule has 2 N–H and O–H groups in total.